The van der Waals surface area contributed by atoms with Crippen LogP contribution in [-0.4, -0.2) is 44.0 Å². The second-order valence-electron chi connectivity index (χ2n) is 9.85. The first-order valence-electron chi connectivity index (χ1n) is 11.2. The molecule has 29 heavy (non-hydrogen) atoms. The largest absolute Gasteiger partial charge is 0.497 e. The van der Waals surface area contributed by atoms with E-state index >= 15 is 0 Å². The molecule has 4 aliphatic rings. The molecule has 2 saturated carbocycles. The van der Waals surface area contributed by atoms with Crippen LogP contribution in [0.2, 0.25) is 0 Å². The van der Waals surface area contributed by atoms with Crippen LogP contribution in [0.5, 0.6) is 5.75 Å². The lowest BCUT2D eigenvalue weighted by atomic mass is 9.53. The number of ether oxygens (including phenoxy) is 3. The van der Waals surface area contributed by atoms with Gasteiger partial charge < -0.3 is 19.5 Å². The molecule has 2 heterocycles. The first-order chi connectivity index (χ1) is 14.0. The molecule has 0 radical (unpaired) electrons. The van der Waals surface area contributed by atoms with Gasteiger partial charge in [0.05, 0.1) is 19.1 Å². The Hall–Kier alpha value is -1.59. The van der Waals surface area contributed by atoms with Gasteiger partial charge in [-0.2, -0.15) is 0 Å². The van der Waals surface area contributed by atoms with Crippen LogP contribution in [0.3, 0.4) is 0 Å². The van der Waals surface area contributed by atoms with E-state index in [-0.39, 0.29) is 41.0 Å². The second kappa shape index (κ2) is 6.98. The molecular weight excluding hydrogens is 366 g/mol. The summed E-state index contributed by atoms with van der Waals surface area (Å²) in [5.41, 5.74) is 1.41. The van der Waals surface area contributed by atoms with E-state index in [2.05, 4.69) is 31.3 Å². The molecule has 158 valence electrons. The minimum atomic E-state index is -0.0843. The molecule has 5 rings (SSSR count). The van der Waals surface area contributed by atoms with Gasteiger partial charge in [-0.05, 0) is 55.8 Å². The zero-order valence-electron chi connectivity index (χ0n) is 17.8. The SMILES string of the molecule is COc1ccc(CCNC[C@H]2C(=O)O[C@@H]3C[C@]4(C)CCC[C@@H](C)[C@@]45O[C@@H]5[C@H]32)cc1. The molecule has 0 bridgehead atoms. The van der Waals surface area contributed by atoms with Crippen molar-refractivity contribution in [2.24, 2.45) is 23.2 Å². The number of hydrogen-bond donors (Lipinski definition) is 1. The Morgan fingerprint density at radius 2 is 2.07 bits per heavy atom. The minimum absolute atomic E-state index is 0.0122. The van der Waals surface area contributed by atoms with Crippen LogP contribution in [0.15, 0.2) is 24.3 Å². The Balaban J connectivity index is 1.21. The van der Waals surface area contributed by atoms with Gasteiger partial charge in [-0.25, -0.2) is 0 Å². The van der Waals surface area contributed by atoms with Crippen LogP contribution >= 0.6 is 0 Å². The second-order valence-corrected chi connectivity index (χ2v) is 9.85. The van der Waals surface area contributed by atoms with Crippen molar-refractivity contribution >= 4 is 5.97 Å². The van der Waals surface area contributed by atoms with Gasteiger partial charge in [-0.3, -0.25) is 4.79 Å². The van der Waals surface area contributed by atoms with Crippen molar-refractivity contribution in [3.63, 3.8) is 0 Å². The van der Waals surface area contributed by atoms with Crippen LogP contribution in [-0.2, 0) is 20.7 Å². The predicted molar refractivity (Wildman–Crippen MR) is 110 cm³/mol. The van der Waals surface area contributed by atoms with Gasteiger partial charge in [-0.1, -0.05) is 32.4 Å². The molecule has 0 unspecified atom stereocenters. The van der Waals surface area contributed by atoms with Crippen molar-refractivity contribution in [3.05, 3.63) is 29.8 Å². The van der Waals surface area contributed by atoms with Gasteiger partial charge in [0, 0.05) is 17.9 Å². The third-order valence-corrected chi connectivity index (χ3v) is 8.31. The molecule has 2 aliphatic heterocycles. The molecule has 0 aromatic heterocycles. The van der Waals surface area contributed by atoms with E-state index in [1.165, 1.54) is 24.8 Å². The van der Waals surface area contributed by atoms with Gasteiger partial charge in [0.1, 0.15) is 17.5 Å². The van der Waals surface area contributed by atoms with Gasteiger partial charge >= 0.3 is 5.97 Å². The Morgan fingerprint density at radius 3 is 2.83 bits per heavy atom. The average molecular weight is 400 g/mol. The Morgan fingerprint density at radius 1 is 1.28 bits per heavy atom. The van der Waals surface area contributed by atoms with Crippen molar-refractivity contribution in [1.82, 2.24) is 5.32 Å². The lowest BCUT2D eigenvalue weighted by Crippen LogP contribution is -2.54. The van der Waals surface area contributed by atoms with Crippen molar-refractivity contribution in [3.8, 4) is 5.75 Å². The number of rotatable bonds is 6. The fourth-order valence-electron chi connectivity index (χ4n) is 6.75. The fourth-order valence-corrected chi connectivity index (χ4v) is 6.75. The summed E-state index contributed by atoms with van der Waals surface area (Å²) in [6, 6.07) is 8.16. The molecule has 1 aromatic carbocycles. The molecular formula is C24H33NO4. The highest BCUT2D eigenvalue weighted by Gasteiger charge is 2.78. The third-order valence-electron chi connectivity index (χ3n) is 8.31. The van der Waals surface area contributed by atoms with Crippen molar-refractivity contribution in [2.45, 2.75) is 63.8 Å². The molecule has 0 amide bonds. The smallest absolute Gasteiger partial charge is 0.311 e. The summed E-state index contributed by atoms with van der Waals surface area (Å²) < 4.78 is 17.6. The molecule has 7 atom stereocenters. The number of epoxide rings is 1. The maximum absolute atomic E-state index is 12.7. The van der Waals surface area contributed by atoms with E-state index in [1.807, 2.05) is 12.1 Å². The van der Waals surface area contributed by atoms with E-state index < -0.39 is 0 Å². The number of nitrogens with one attached hydrogen (secondary N) is 1. The van der Waals surface area contributed by atoms with Crippen molar-refractivity contribution < 1.29 is 19.0 Å². The normalized spacial score (nSPS) is 42.4. The quantitative estimate of drug-likeness (QED) is 0.452. The number of carbonyl (C=O) groups is 1. The number of carbonyl (C=O) groups excluding carboxylic acids is 1. The van der Waals surface area contributed by atoms with Crippen molar-refractivity contribution in [2.75, 3.05) is 20.2 Å². The number of fused-ring (bicyclic) bond motifs is 2. The van der Waals surface area contributed by atoms with Crippen LogP contribution in [0.4, 0.5) is 0 Å². The number of methoxy groups -OCH3 is 1. The Bertz CT molecular complexity index is 780. The molecule has 2 aliphatic carbocycles. The monoisotopic (exact) mass is 399 g/mol. The topological polar surface area (TPSA) is 60.1 Å². The molecule has 4 fully saturated rings. The van der Waals surface area contributed by atoms with Crippen LogP contribution in [0.25, 0.3) is 0 Å². The third kappa shape index (κ3) is 2.92. The van der Waals surface area contributed by atoms with Crippen LogP contribution in [0, 0.1) is 23.2 Å². The summed E-state index contributed by atoms with van der Waals surface area (Å²) in [4.78, 5) is 12.7. The van der Waals surface area contributed by atoms with Crippen LogP contribution in [0.1, 0.15) is 45.1 Å². The Kier molecular flexibility index (Phi) is 4.67. The fraction of sp³-hybridized carbons (Fsp3) is 0.708. The van der Waals surface area contributed by atoms with Gasteiger partial charge in [0.25, 0.3) is 0 Å². The zero-order chi connectivity index (χ0) is 20.2. The van der Waals surface area contributed by atoms with E-state index in [0.29, 0.717) is 12.5 Å². The summed E-state index contributed by atoms with van der Waals surface area (Å²) in [7, 11) is 1.68. The summed E-state index contributed by atoms with van der Waals surface area (Å²) in [6.45, 7) is 6.24. The van der Waals surface area contributed by atoms with Gasteiger partial charge in [0.2, 0.25) is 0 Å². The standard InChI is InChI=1S/C24H33NO4/c1-15-5-4-11-23(2)13-19-20(21-24(15,23)29-21)18(22(26)28-19)14-25-12-10-16-6-8-17(27-3)9-7-16/h6-9,15,18-21,25H,4-5,10-14H2,1-3H3/t15-,18-,19-,20+,21-,23+,24+/m1/s1. The zero-order valence-corrected chi connectivity index (χ0v) is 17.8. The van der Waals surface area contributed by atoms with Crippen LogP contribution < -0.4 is 10.1 Å². The molecule has 1 spiro atoms. The number of esters is 1. The molecule has 5 heteroatoms. The summed E-state index contributed by atoms with van der Waals surface area (Å²) >= 11 is 0. The van der Waals surface area contributed by atoms with E-state index in [9.17, 15) is 4.79 Å². The number of hydrogen-bond acceptors (Lipinski definition) is 5. The predicted octanol–water partition coefficient (Wildman–Crippen LogP) is 3.35. The highest BCUT2D eigenvalue weighted by Crippen LogP contribution is 2.70. The van der Waals surface area contributed by atoms with Gasteiger partial charge in [-0.15, -0.1) is 0 Å². The molecule has 1 aromatic rings. The number of benzene rings is 1. The van der Waals surface area contributed by atoms with E-state index in [4.69, 9.17) is 14.2 Å². The minimum Gasteiger partial charge on any atom is -0.497 e. The lowest BCUT2D eigenvalue weighted by Gasteiger charge is -2.48. The molecule has 5 nitrogen and oxygen atoms in total. The first kappa shape index (κ1) is 19.4. The first-order valence-corrected chi connectivity index (χ1v) is 11.2. The van der Waals surface area contributed by atoms with E-state index in [1.54, 1.807) is 7.11 Å². The summed E-state index contributed by atoms with van der Waals surface area (Å²) in [6.07, 6.45) is 5.82. The van der Waals surface area contributed by atoms with Crippen molar-refractivity contribution in [1.29, 1.82) is 0 Å². The summed E-state index contributed by atoms with van der Waals surface area (Å²) in [5, 5.41) is 3.51. The van der Waals surface area contributed by atoms with E-state index in [0.717, 1.165) is 25.1 Å². The molecule has 2 saturated heterocycles. The average Bonchev–Trinajstić information content (AvgIpc) is 3.39. The lowest BCUT2D eigenvalue weighted by molar-refractivity contribution is -0.146. The highest BCUT2D eigenvalue weighted by atomic mass is 16.6. The maximum atomic E-state index is 12.7. The Labute approximate surface area is 173 Å². The highest BCUT2D eigenvalue weighted by molar-refractivity contribution is 5.76. The molecule has 1 N–H and O–H groups in total. The maximum Gasteiger partial charge on any atom is 0.311 e. The van der Waals surface area contributed by atoms with Gasteiger partial charge in [0.15, 0.2) is 0 Å². The summed E-state index contributed by atoms with van der Waals surface area (Å²) in [5.74, 6) is 1.55.